The van der Waals surface area contributed by atoms with E-state index < -0.39 is 0 Å². The minimum absolute atomic E-state index is 0.205. The Kier molecular flexibility index (Phi) is 4.21. The van der Waals surface area contributed by atoms with Gasteiger partial charge < -0.3 is 11.1 Å². The molecule has 2 aromatic carbocycles. The van der Waals surface area contributed by atoms with E-state index in [9.17, 15) is 4.79 Å². The normalized spacial score (nSPS) is 10.4. The molecule has 2 aromatic rings. The first kappa shape index (κ1) is 14.7. The van der Waals surface area contributed by atoms with E-state index in [0.29, 0.717) is 27.0 Å². The van der Waals surface area contributed by atoms with Crippen molar-refractivity contribution in [1.29, 1.82) is 0 Å². The summed E-state index contributed by atoms with van der Waals surface area (Å²) in [6, 6.07) is 8.51. The van der Waals surface area contributed by atoms with Crippen molar-refractivity contribution >= 4 is 40.5 Å². The Bertz CT molecular complexity index is 684. The highest BCUT2D eigenvalue weighted by atomic mass is 35.5. The average molecular weight is 309 g/mol. The molecule has 0 aliphatic heterocycles. The van der Waals surface area contributed by atoms with Gasteiger partial charge in [0.25, 0.3) is 5.91 Å². The Labute approximate surface area is 127 Å². The van der Waals surface area contributed by atoms with Crippen LogP contribution in [0.5, 0.6) is 0 Å². The lowest BCUT2D eigenvalue weighted by Gasteiger charge is -2.12. The number of nitrogens with two attached hydrogens (primary N) is 1. The first-order valence-corrected chi connectivity index (χ1v) is 6.77. The molecule has 0 aliphatic carbocycles. The number of anilines is 2. The standard InChI is InChI=1S/C15H14Cl2N2O/c1-8-5-10(16)3-4-11(8)15(20)19-14-7-12(17)13(18)6-9(14)2/h3-7H,18H2,1-2H3,(H,19,20). The number of nitrogen functional groups attached to an aromatic ring is 1. The summed E-state index contributed by atoms with van der Waals surface area (Å²) in [5.74, 6) is -0.205. The third kappa shape index (κ3) is 3.06. The van der Waals surface area contributed by atoms with Crippen LogP contribution in [0.15, 0.2) is 30.3 Å². The molecular formula is C15H14Cl2N2O. The third-order valence-electron chi connectivity index (χ3n) is 3.02. The highest BCUT2D eigenvalue weighted by molar-refractivity contribution is 6.33. The number of benzene rings is 2. The van der Waals surface area contributed by atoms with Crippen molar-refractivity contribution in [2.24, 2.45) is 0 Å². The Hall–Kier alpha value is -1.71. The van der Waals surface area contributed by atoms with Gasteiger partial charge in [0.2, 0.25) is 0 Å². The number of hydrogen-bond acceptors (Lipinski definition) is 2. The number of amides is 1. The van der Waals surface area contributed by atoms with Gasteiger partial charge in [0.15, 0.2) is 0 Å². The van der Waals surface area contributed by atoms with Crippen LogP contribution in [-0.2, 0) is 0 Å². The Morgan fingerprint density at radius 2 is 1.80 bits per heavy atom. The summed E-state index contributed by atoms with van der Waals surface area (Å²) in [5, 5.41) is 3.85. The topological polar surface area (TPSA) is 55.1 Å². The van der Waals surface area contributed by atoms with Crippen molar-refractivity contribution in [3.8, 4) is 0 Å². The molecule has 1 amide bonds. The van der Waals surface area contributed by atoms with Crippen molar-refractivity contribution < 1.29 is 4.79 Å². The maximum Gasteiger partial charge on any atom is 0.255 e. The van der Waals surface area contributed by atoms with Gasteiger partial charge in [0.05, 0.1) is 10.7 Å². The summed E-state index contributed by atoms with van der Waals surface area (Å²) in [7, 11) is 0. The maximum atomic E-state index is 12.3. The highest BCUT2D eigenvalue weighted by Crippen LogP contribution is 2.27. The zero-order valence-corrected chi connectivity index (χ0v) is 12.6. The number of hydrogen-bond donors (Lipinski definition) is 2. The van der Waals surface area contributed by atoms with Crippen LogP contribution in [0.4, 0.5) is 11.4 Å². The summed E-state index contributed by atoms with van der Waals surface area (Å²) in [4.78, 5) is 12.3. The van der Waals surface area contributed by atoms with Gasteiger partial charge in [-0.25, -0.2) is 0 Å². The molecule has 0 atom stereocenters. The molecule has 20 heavy (non-hydrogen) atoms. The molecule has 0 saturated heterocycles. The second-order valence-electron chi connectivity index (χ2n) is 4.60. The Morgan fingerprint density at radius 1 is 1.10 bits per heavy atom. The number of carbonyl (C=O) groups excluding carboxylic acids is 1. The second kappa shape index (κ2) is 5.73. The van der Waals surface area contributed by atoms with Crippen LogP contribution < -0.4 is 11.1 Å². The SMILES string of the molecule is Cc1cc(N)c(Cl)cc1NC(=O)c1ccc(Cl)cc1C. The molecule has 0 heterocycles. The summed E-state index contributed by atoms with van der Waals surface area (Å²) in [5.41, 5.74) is 9.08. The van der Waals surface area contributed by atoms with Gasteiger partial charge in [-0.2, -0.15) is 0 Å². The van der Waals surface area contributed by atoms with E-state index in [1.165, 1.54) is 0 Å². The largest absolute Gasteiger partial charge is 0.398 e. The van der Waals surface area contributed by atoms with Gasteiger partial charge in [-0.05, 0) is 55.3 Å². The molecule has 0 radical (unpaired) electrons. The first-order chi connectivity index (χ1) is 9.38. The average Bonchev–Trinajstić information content (AvgIpc) is 2.35. The molecule has 0 saturated carbocycles. The quantitative estimate of drug-likeness (QED) is 0.806. The maximum absolute atomic E-state index is 12.3. The summed E-state index contributed by atoms with van der Waals surface area (Å²) < 4.78 is 0. The fourth-order valence-corrected chi connectivity index (χ4v) is 2.30. The zero-order valence-electron chi connectivity index (χ0n) is 11.1. The molecule has 0 spiro atoms. The van der Waals surface area contributed by atoms with Crippen molar-refractivity contribution in [3.05, 3.63) is 57.1 Å². The van der Waals surface area contributed by atoms with Crippen LogP contribution >= 0.6 is 23.2 Å². The number of halogens is 2. The lowest BCUT2D eigenvalue weighted by Crippen LogP contribution is -2.14. The van der Waals surface area contributed by atoms with Crippen LogP contribution in [0.2, 0.25) is 10.0 Å². The van der Waals surface area contributed by atoms with Crippen molar-refractivity contribution in [2.45, 2.75) is 13.8 Å². The third-order valence-corrected chi connectivity index (χ3v) is 3.59. The van der Waals surface area contributed by atoms with Crippen LogP contribution in [0, 0.1) is 13.8 Å². The molecule has 2 rings (SSSR count). The summed E-state index contributed by atoms with van der Waals surface area (Å²) in [6.07, 6.45) is 0. The lowest BCUT2D eigenvalue weighted by atomic mass is 10.1. The molecule has 104 valence electrons. The Balaban J connectivity index is 2.30. The molecule has 3 nitrogen and oxygen atoms in total. The van der Waals surface area contributed by atoms with E-state index in [1.807, 2.05) is 13.8 Å². The fraction of sp³-hybridized carbons (Fsp3) is 0.133. The van der Waals surface area contributed by atoms with Gasteiger partial charge in [-0.15, -0.1) is 0 Å². The van der Waals surface area contributed by atoms with Gasteiger partial charge >= 0.3 is 0 Å². The predicted octanol–water partition coefficient (Wildman–Crippen LogP) is 4.44. The zero-order chi connectivity index (χ0) is 14.9. The molecular weight excluding hydrogens is 295 g/mol. The van der Waals surface area contributed by atoms with Crippen LogP contribution in [0.3, 0.4) is 0 Å². The van der Waals surface area contributed by atoms with Crippen molar-refractivity contribution in [1.82, 2.24) is 0 Å². The first-order valence-electron chi connectivity index (χ1n) is 6.01. The van der Waals surface area contributed by atoms with Crippen molar-refractivity contribution in [3.63, 3.8) is 0 Å². The predicted molar refractivity (Wildman–Crippen MR) is 84.7 cm³/mol. The molecule has 0 bridgehead atoms. The van der Waals surface area contributed by atoms with E-state index in [4.69, 9.17) is 28.9 Å². The second-order valence-corrected chi connectivity index (χ2v) is 5.45. The van der Waals surface area contributed by atoms with Crippen molar-refractivity contribution in [2.75, 3.05) is 11.1 Å². The monoisotopic (exact) mass is 308 g/mol. The molecule has 0 fully saturated rings. The van der Waals surface area contributed by atoms with E-state index in [1.54, 1.807) is 30.3 Å². The fourth-order valence-electron chi connectivity index (χ4n) is 1.91. The van der Waals surface area contributed by atoms with Crippen LogP contribution in [0.25, 0.3) is 0 Å². The Morgan fingerprint density at radius 3 is 2.45 bits per heavy atom. The number of carbonyl (C=O) groups is 1. The van der Waals surface area contributed by atoms with Gasteiger partial charge in [-0.3, -0.25) is 4.79 Å². The molecule has 0 unspecified atom stereocenters. The van der Waals surface area contributed by atoms with Gasteiger partial charge in [0.1, 0.15) is 0 Å². The molecule has 5 heteroatoms. The van der Waals surface area contributed by atoms with E-state index in [0.717, 1.165) is 11.1 Å². The number of aryl methyl sites for hydroxylation is 2. The number of nitrogens with one attached hydrogen (secondary N) is 1. The minimum Gasteiger partial charge on any atom is -0.398 e. The molecule has 0 aliphatic rings. The van der Waals surface area contributed by atoms with E-state index in [-0.39, 0.29) is 5.91 Å². The van der Waals surface area contributed by atoms with Crippen LogP contribution in [-0.4, -0.2) is 5.91 Å². The number of rotatable bonds is 2. The highest BCUT2D eigenvalue weighted by Gasteiger charge is 2.12. The summed E-state index contributed by atoms with van der Waals surface area (Å²) >= 11 is 11.9. The van der Waals surface area contributed by atoms with Gasteiger partial charge in [0, 0.05) is 16.3 Å². The minimum atomic E-state index is -0.205. The molecule has 3 N–H and O–H groups in total. The smallest absolute Gasteiger partial charge is 0.255 e. The van der Waals surface area contributed by atoms with E-state index >= 15 is 0 Å². The summed E-state index contributed by atoms with van der Waals surface area (Å²) in [6.45, 7) is 3.70. The van der Waals surface area contributed by atoms with E-state index in [2.05, 4.69) is 5.32 Å². The lowest BCUT2D eigenvalue weighted by molar-refractivity contribution is 0.102. The van der Waals surface area contributed by atoms with Gasteiger partial charge in [-0.1, -0.05) is 23.2 Å². The van der Waals surface area contributed by atoms with Crippen LogP contribution in [0.1, 0.15) is 21.5 Å². The molecule has 0 aromatic heterocycles.